The summed E-state index contributed by atoms with van der Waals surface area (Å²) in [5.41, 5.74) is -1.41. The SMILES string of the molecule is O=C(c1onc2c1CCCC2)N1CCC(O)(C(F)(F)F)C1. The van der Waals surface area contributed by atoms with Crippen LogP contribution in [0.5, 0.6) is 0 Å². The van der Waals surface area contributed by atoms with Crippen molar-refractivity contribution in [1.82, 2.24) is 10.1 Å². The molecule has 0 saturated carbocycles. The van der Waals surface area contributed by atoms with Crippen molar-refractivity contribution in [2.45, 2.75) is 43.9 Å². The summed E-state index contributed by atoms with van der Waals surface area (Å²) in [4.78, 5) is 13.3. The Labute approximate surface area is 118 Å². The average molecular weight is 304 g/mol. The zero-order valence-electron chi connectivity index (χ0n) is 11.2. The van der Waals surface area contributed by atoms with Gasteiger partial charge in [0.25, 0.3) is 5.91 Å². The Morgan fingerprint density at radius 3 is 2.71 bits per heavy atom. The molecule has 2 aliphatic rings. The molecule has 1 unspecified atom stereocenters. The van der Waals surface area contributed by atoms with Crippen molar-refractivity contribution in [2.75, 3.05) is 13.1 Å². The molecule has 1 aromatic rings. The van der Waals surface area contributed by atoms with Gasteiger partial charge in [-0.2, -0.15) is 13.2 Å². The molecule has 0 bridgehead atoms. The molecule has 0 aromatic carbocycles. The normalized spacial score (nSPS) is 26.0. The van der Waals surface area contributed by atoms with E-state index in [0.717, 1.165) is 29.9 Å². The summed E-state index contributed by atoms with van der Waals surface area (Å²) >= 11 is 0. The van der Waals surface area contributed by atoms with Crippen LogP contribution in [0.25, 0.3) is 0 Å². The summed E-state index contributed by atoms with van der Waals surface area (Å²) in [5.74, 6) is -0.595. The molecule has 21 heavy (non-hydrogen) atoms. The van der Waals surface area contributed by atoms with Gasteiger partial charge < -0.3 is 14.5 Å². The lowest BCUT2D eigenvalue weighted by molar-refractivity contribution is -0.253. The minimum atomic E-state index is -4.75. The topological polar surface area (TPSA) is 66.6 Å². The first-order valence-electron chi connectivity index (χ1n) is 6.88. The van der Waals surface area contributed by atoms with Crippen molar-refractivity contribution in [3.05, 3.63) is 17.0 Å². The number of aromatic nitrogens is 1. The molecule has 1 saturated heterocycles. The average Bonchev–Trinajstić information content (AvgIpc) is 3.02. The lowest BCUT2D eigenvalue weighted by Crippen LogP contribution is -2.48. The molecule has 1 aliphatic heterocycles. The Bertz CT molecular complexity index is 569. The van der Waals surface area contributed by atoms with Crippen LogP contribution in [0.1, 0.15) is 41.1 Å². The van der Waals surface area contributed by atoms with E-state index in [-0.39, 0.29) is 12.3 Å². The second-order valence-electron chi connectivity index (χ2n) is 5.65. The van der Waals surface area contributed by atoms with Crippen LogP contribution in [0.4, 0.5) is 13.2 Å². The van der Waals surface area contributed by atoms with E-state index in [4.69, 9.17) is 4.52 Å². The molecule has 5 nitrogen and oxygen atoms in total. The predicted octanol–water partition coefficient (Wildman–Crippen LogP) is 1.69. The number of β-amino-alcohol motifs (C(OH)–C–C–N with tert-alkyl or cyclic N) is 1. The molecule has 1 aromatic heterocycles. The van der Waals surface area contributed by atoms with E-state index in [9.17, 15) is 23.1 Å². The summed E-state index contributed by atoms with van der Waals surface area (Å²) in [6, 6.07) is 0. The number of hydrogen-bond acceptors (Lipinski definition) is 4. The van der Waals surface area contributed by atoms with E-state index < -0.39 is 30.7 Å². The van der Waals surface area contributed by atoms with Gasteiger partial charge in [-0.3, -0.25) is 4.79 Å². The maximum absolute atomic E-state index is 12.8. The Morgan fingerprint density at radius 1 is 1.33 bits per heavy atom. The quantitative estimate of drug-likeness (QED) is 0.857. The Balaban J connectivity index is 1.80. The number of halogens is 3. The van der Waals surface area contributed by atoms with E-state index in [2.05, 4.69) is 5.16 Å². The van der Waals surface area contributed by atoms with Crippen molar-refractivity contribution in [1.29, 1.82) is 0 Å². The molecule has 1 amide bonds. The van der Waals surface area contributed by atoms with Crippen LogP contribution in [-0.2, 0) is 12.8 Å². The van der Waals surface area contributed by atoms with Crippen molar-refractivity contribution >= 4 is 5.91 Å². The van der Waals surface area contributed by atoms with Gasteiger partial charge in [0.15, 0.2) is 5.60 Å². The second-order valence-corrected chi connectivity index (χ2v) is 5.65. The number of carbonyl (C=O) groups excluding carboxylic acids is 1. The fourth-order valence-corrected chi connectivity index (χ4v) is 2.90. The second kappa shape index (κ2) is 4.72. The third-order valence-corrected chi connectivity index (χ3v) is 4.22. The molecule has 2 heterocycles. The van der Waals surface area contributed by atoms with E-state index in [1.165, 1.54) is 0 Å². The lowest BCUT2D eigenvalue weighted by Gasteiger charge is -2.25. The summed E-state index contributed by atoms with van der Waals surface area (Å²) < 4.78 is 43.4. The Morgan fingerprint density at radius 2 is 2.05 bits per heavy atom. The van der Waals surface area contributed by atoms with Crippen molar-refractivity contribution < 1.29 is 27.6 Å². The van der Waals surface area contributed by atoms with Crippen LogP contribution in [0.2, 0.25) is 0 Å². The molecular formula is C13H15F3N2O3. The van der Waals surface area contributed by atoms with Gasteiger partial charge in [0, 0.05) is 18.5 Å². The maximum Gasteiger partial charge on any atom is 0.419 e. The number of likely N-dealkylation sites (tertiary alicyclic amines) is 1. The molecule has 1 fully saturated rings. The van der Waals surface area contributed by atoms with Gasteiger partial charge in [-0.15, -0.1) is 0 Å². The highest BCUT2D eigenvalue weighted by Crippen LogP contribution is 2.38. The minimum Gasteiger partial charge on any atom is -0.379 e. The first kappa shape index (κ1) is 14.4. The third-order valence-electron chi connectivity index (χ3n) is 4.22. The van der Waals surface area contributed by atoms with Crippen LogP contribution >= 0.6 is 0 Å². The molecule has 116 valence electrons. The fraction of sp³-hybridized carbons (Fsp3) is 0.692. The largest absolute Gasteiger partial charge is 0.419 e. The van der Waals surface area contributed by atoms with E-state index in [0.29, 0.717) is 12.0 Å². The number of nitrogens with zero attached hydrogens (tertiary/aromatic N) is 2. The van der Waals surface area contributed by atoms with Crippen LogP contribution in [-0.4, -0.2) is 45.9 Å². The third kappa shape index (κ3) is 2.31. The summed E-state index contributed by atoms with van der Waals surface area (Å²) in [7, 11) is 0. The smallest absolute Gasteiger partial charge is 0.379 e. The monoisotopic (exact) mass is 304 g/mol. The van der Waals surface area contributed by atoms with Gasteiger partial charge in [0.05, 0.1) is 12.2 Å². The fourth-order valence-electron chi connectivity index (χ4n) is 2.90. The number of carbonyl (C=O) groups is 1. The highest BCUT2D eigenvalue weighted by molar-refractivity contribution is 5.93. The minimum absolute atomic E-state index is 0.0242. The van der Waals surface area contributed by atoms with E-state index in [1.807, 2.05) is 0 Å². The van der Waals surface area contributed by atoms with Crippen LogP contribution in [0, 0.1) is 0 Å². The maximum atomic E-state index is 12.8. The molecule has 3 rings (SSSR count). The molecule has 0 radical (unpaired) electrons. The van der Waals surface area contributed by atoms with Crippen molar-refractivity contribution in [3.63, 3.8) is 0 Å². The number of amides is 1. The summed E-state index contributed by atoms with van der Waals surface area (Å²) in [6.07, 6.45) is -2.02. The molecule has 0 spiro atoms. The number of aliphatic hydroxyl groups is 1. The Hall–Kier alpha value is -1.57. The summed E-state index contributed by atoms with van der Waals surface area (Å²) in [6.45, 7) is -0.908. The predicted molar refractivity (Wildman–Crippen MR) is 64.7 cm³/mol. The van der Waals surface area contributed by atoms with Gasteiger partial charge in [-0.05, 0) is 25.7 Å². The van der Waals surface area contributed by atoms with Gasteiger partial charge in [0.2, 0.25) is 5.76 Å². The van der Waals surface area contributed by atoms with Crippen LogP contribution < -0.4 is 0 Å². The summed E-state index contributed by atoms with van der Waals surface area (Å²) in [5, 5.41) is 13.4. The zero-order valence-corrected chi connectivity index (χ0v) is 11.2. The number of hydrogen-bond donors (Lipinski definition) is 1. The number of rotatable bonds is 1. The van der Waals surface area contributed by atoms with Crippen LogP contribution in [0.15, 0.2) is 4.52 Å². The van der Waals surface area contributed by atoms with Crippen molar-refractivity contribution in [3.8, 4) is 0 Å². The number of aryl methyl sites for hydroxylation is 1. The molecule has 1 atom stereocenters. The first-order valence-corrected chi connectivity index (χ1v) is 6.88. The number of alkyl halides is 3. The van der Waals surface area contributed by atoms with Gasteiger partial charge >= 0.3 is 6.18 Å². The molecule has 1 aliphatic carbocycles. The highest BCUT2D eigenvalue weighted by Gasteiger charge is 2.58. The Kier molecular flexibility index (Phi) is 3.23. The lowest BCUT2D eigenvalue weighted by atomic mass is 9.96. The highest BCUT2D eigenvalue weighted by atomic mass is 19.4. The van der Waals surface area contributed by atoms with E-state index in [1.54, 1.807) is 0 Å². The van der Waals surface area contributed by atoms with Crippen LogP contribution in [0.3, 0.4) is 0 Å². The van der Waals surface area contributed by atoms with Gasteiger partial charge in [-0.25, -0.2) is 0 Å². The molecular weight excluding hydrogens is 289 g/mol. The molecule has 8 heteroatoms. The first-order chi connectivity index (χ1) is 9.82. The zero-order chi connectivity index (χ0) is 15.3. The van der Waals surface area contributed by atoms with E-state index >= 15 is 0 Å². The van der Waals surface area contributed by atoms with Crippen molar-refractivity contribution in [2.24, 2.45) is 0 Å². The molecule has 1 N–H and O–H groups in total. The van der Waals surface area contributed by atoms with Gasteiger partial charge in [-0.1, -0.05) is 5.16 Å². The van der Waals surface area contributed by atoms with Gasteiger partial charge in [0.1, 0.15) is 0 Å². The number of fused-ring (bicyclic) bond motifs is 1. The standard InChI is InChI=1S/C13H15F3N2O3/c14-13(15,16)12(20)5-6-18(7-12)11(19)10-8-3-1-2-4-9(8)17-21-10/h20H,1-7H2.